The van der Waals surface area contributed by atoms with Gasteiger partial charge in [-0.2, -0.15) is 0 Å². The standard InChI is InChI=1S/C19H18BrClN2O2/c1-12-16(21)7-4-8-17(12)23-10-9-22(13(2)18(23)24)19(25)14-5-3-6-15(20)11-14/h3-8,11,13H,9-10H2,1-2H3/t13-/m1/s1. The number of anilines is 1. The van der Waals surface area contributed by atoms with E-state index in [1.807, 2.05) is 31.2 Å². The van der Waals surface area contributed by atoms with Crippen molar-refractivity contribution in [2.24, 2.45) is 0 Å². The number of carbonyl (C=O) groups is 2. The monoisotopic (exact) mass is 420 g/mol. The van der Waals surface area contributed by atoms with Gasteiger partial charge in [-0.3, -0.25) is 9.59 Å². The molecule has 0 N–H and O–H groups in total. The number of rotatable bonds is 2. The fraction of sp³-hybridized carbons (Fsp3) is 0.263. The maximum absolute atomic E-state index is 12.9. The van der Waals surface area contributed by atoms with Crippen LogP contribution in [-0.2, 0) is 4.79 Å². The van der Waals surface area contributed by atoms with E-state index in [-0.39, 0.29) is 11.8 Å². The molecule has 4 nitrogen and oxygen atoms in total. The van der Waals surface area contributed by atoms with Gasteiger partial charge in [-0.05, 0) is 49.7 Å². The van der Waals surface area contributed by atoms with E-state index in [4.69, 9.17) is 11.6 Å². The van der Waals surface area contributed by atoms with Crippen LogP contribution in [0.2, 0.25) is 5.02 Å². The van der Waals surface area contributed by atoms with Crippen molar-refractivity contribution in [2.75, 3.05) is 18.0 Å². The lowest BCUT2D eigenvalue weighted by molar-refractivity contribution is -0.124. The van der Waals surface area contributed by atoms with Gasteiger partial charge >= 0.3 is 0 Å². The Bertz CT molecular complexity index is 840. The number of amides is 2. The first kappa shape index (κ1) is 18.0. The van der Waals surface area contributed by atoms with E-state index in [1.54, 1.807) is 34.9 Å². The van der Waals surface area contributed by atoms with E-state index in [0.29, 0.717) is 23.7 Å². The first-order valence-corrected chi connectivity index (χ1v) is 9.20. The third-order valence-electron chi connectivity index (χ3n) is 4.52. The van der Waals surface area contributed by atoms with Crippen LogP contribution in [0, 0.1) is 6.92 Å². The fourth-order valence-corrected chi connectivity index (χ4v) is 3.63. The van der Waals surface area contributed by atoms with Gasteiger partial charge in [0.05, 0.1) is 0 Å². The minimum atomic E-state index is -0.529. The third kappa shape index (κ3) is 3.44. The summed E-state index contributed by atoms with van der Waals surface area (Å²) in [5.74, 6) is -0.232. The SMILES string of the molecule is Cc1c(Cl)cccc1N1CCN(C(=O)c2cccc(Br)c2)[C@H](C)C1=O. The van der Waals surface area contributed by atoms with Gasteiger partial charge in [0.25, 0.3) is 5.91 Å². The number of hydrogen-bond donors (Lipinski definition) is 0. The van der Waals surface area contributed by atoms with Crippen LogP contribution in [0.25, 0.3) is 0 Å². The normalized spacial score (nSPS) is 17.8. The van der Waals surface area contributed by atoms with Gasteiger partial charge in [0, 0.05) is 33.8 Å². The Kier molecular flexibility index (Phi) is 5.16. The van der Waals surface area contributed by atoms with Crippen LogP contribution >= 0.6 is 27.5 Å². The summed E-state index contributed by atoms with van der Waals surface area (Å²) >= 11 is 9.56. The van der Waals surface area contributed by atoms with E-state index in [9.17, 15) is 9.59 Å². The molecule has 0 aliphatic carbocycles. The van der Waals surface area contributed by atoms with Crippen LogP contribution in [0.5, 0.6) is 0 Å². The third-order valence-corrected chi connectivity index (χ3v) is 5.42. The molecule has 0 unspecified atom stereocenters. The predicted molar refractivity (Wildman–Crippen MR) is 103 cm³/mol. The summed E-state index contributed by atoms with van der Waals surface area (Å²) in [5.41, 5.74) is 2.25. The summed E-state index contributed by atoms with van der Waals surface area (Å²) in [6.45, 7) is 4.59. The van der Waals surface area contributed by atoms with Crippen molar-refractivity contribution >= 4 is 45.0 Å². The van der Waals surface area contributed by atoms with E-state index in [1.165, 1.54) is 0 Å². The highest BCUT2D eigenvalue weighted by Crippen LogP contribution is 2.29. The highest BCUT2D eigenvalue weighted by molar-refractivity contribution is 9.10. The Morgan fingerprint density at radius 2 is 1.92 bits per heavy atom. The second-order valence-electron chi connectivity index (χ2n) is 6.06. The summed E-state index contributed by atoms with van der Waals surface area (Å²) < 4.78 is 0.838. The minimum absolute atomic E-state index is 0.0973. The molecule has 6 heteroatoms. The molecule has 0 aromatic heterocycles. The maximum atomic E-state index is 12.9. The molecule has 2 aromatic carbocycles. The van der Waals surface area contributed by atoms with Gasteiger partial charge in [-0.1, -0.05) is 39.7 Å². The van der Waals surface area contributed by atoms with Crippen molar-refractivity contribution in [2.45, 2.75) is 19.9 Å². The number of carbonyl (C=O) groups excluding carboxylic acids is 2. The summed E-state index contributed by atoms with van der Waals surface area (Å²) in [7, 11) is 0. The molecular weight excluding hydrogens is 404 g/mol. The Labute approximate surface area is 160 Å². The van der Waals surface area contributed by atoms with Gasteiger partial charge in [0.2, 0.25) is 5.91 Å². The smallest absolute Gasteiger partial charge is 0.254 e. The number of hydrogen-bond acceptors (Lipinski definition) is 2. The lowest BCUT2D eigenvalue weighted by Gasteiger charge is -2.39. The van der Waals surface area contributed by atoms with E-state index in [2.05, 4.69) is 15.9 Å². The molecule has 1 saturated heterocycles. The van der Waals surface area contributed by atoms with Crippen molar-refractivity contribution in [1.29, 1.82) is 0 Å². The quantitative estimate of drug-likeness (QED) is 0.726. The van der Waals surface area contributed by atoms with Gasteiger partial charge in [-0.25, -0.2) is 0 Å². The summed E-state index contributed by atoms with van der Waals surface area (Å²) in [4.78, 5) is 29.0. The second-order valence-corrected chi connectivity index (χ2v) is 7.38. The van der Waals surface area contributed by atoms with Crippen LogP contribution in [0.3, 0.4) is 0 Å². The van der Waals surface area contributed by atoms with Crippen LogP contribution < -0.4 is 4.90 Å². The number of benzene rings is 2. The maximum Gasteiger partial charge on any atom is 0.254 e. The zero-order valence-corrected chi connectivity index (χ0v) is 16.3. The average molecular weight is 422 g/mol. The molecule has 3 rings (SSSR count). The lowest BCUT2D eigenvalue weighted by Crippen LogP contribution is -2.58. The van der Waals surface area contributed by atoms with Gasteiger partial charge in [-0.15, -0.1) is 0 Å². The van der Waals surface area contributed by atoms with E-state index in [0.717, 1.165) is 15.7 Å². The molecule has 1 aliphatic heterocycles. The zero-order chi connectivity index (χ0) is 18.1. The molecule has 1 fully saturated rings. The fourth-order valence-electron chi connectivity index (χ4n) is 3.06. The number of nitrogens with zero attached hydrogens (tertiary/aromatic N) is 2. The van der Waals surface area contributed by atoms with Gasteiger partial charge in [0.15, 0.2) is 0 Å². The average Bonchev–Trinajstić information content (AvgIpc) is 2.59. The Balaban J connectivity index is 1.84. The van der Waals surface area contributed by atoms with Crippen LogP contribution in [0.4, 0.5) is 5.69 Å². The summed E-state index contributed by atoms with van der Waals surface area (Å²) in [6, 6.07) is 12.2. The molecule has 1 heterocycles. The minimum Gasteiger partial charge on any atom is -0.325 e. The largest absolute Gasteiger partial charge is 0.325 e. The topological polar surface area (TPSA) is 40.6 Å². The van der Waals surface area contributed by atoms with Crippen molar-refractivity contribution in [1.82, 2.24) is 4.90 Å². The van der Waals surface area contributed by atoms with Gasteiger partial charge < -0.3 is 9.80 Å². The molecule has 2 aromatic rings. The molecule has 0 spiro atoms. The summed E-state index contributed by atoms with van der Waals surface area (Å²) in [5, 5.41) is 0.630. The Morgan fingerprint density at radius 3 is 2.64 bits per heavy atom. The first-order valence-electron chi connectivity index (χ1n) is 8.03. The number of piperazine rings is 1. The highest BCUT2D eigenvalue weighted by Gasteiger charge is 2.35. The highest BCUT2D eigenvalue weighted by atomic mass is 79.9. The first-order chi connectivity index (χ1) is 11.9. The van der Waals surface area contributed by atoms with Crippen molar-refractivity contribution in [3.05, 3.63) is 63.1 Å². The van der Waals surface area contributed by atoms with Crippen LogP contribution in [0.1, 0.15) is 22.8 Å². The Morgan fingerprint density at radius 1 is 1.20 bits per heavy atom. The van der Waals surface area contributed by atoms with Crippen LogP contribution in [-0.4, -0.2) is 35.8 Å². The molecule has 0 radical (unpaired) electrons. The molecule has 2 amide bonds. The Hall–Kier alpha value is -1.85. The molecular formula is C19H18BrClN2O2. The van der Waals surface area contributed by atoms with Crippen molar-refractivity contribution < 1.29 is 9.59 Å². The molecule has 1 atom stereocenters. The second kappa shape index (κ2) is 7.18. The molecule has 25 heavy (non-hydrogen) atoms. The predicted octanol–water partition coefficient (Wildman–Crippen LogP) is 4.29. The number of halogens is 2. The summed E-state index contributed by atoms with van der Waals surface area (Å²) in [6.07, 6.45) is 0. The van der Waals surface area contributed by atoms with Crippen molar-refractivity contribution in [3.8, 4) is 0 Å². The molecule has 130 valence electrons. The zero-order valence-electron chi connectivity index (χ0n) is 14.0. The van der Waals surface area contributed by atoms with E-state index < -0.39 is 6.04 Å². The molecule has 0 saturated carbocycles. The van der Waals surface area contributed by atoms with Crippen molar-refractivity contribution in [3.63, 3.8) is 0 Å². The lowest BCUT2D eigenvalue weighted by atomic mass is 10.1. The van der Waals surface area contributed by atoms with Gasteiger partial charge in [0.1, 0.15) is 6.04 Å². The van der Waals surface area contributed by atoms with Crippen LogP contribution in [0.15, 0.2) is 46.9 Å². The van der Waals surface area contributed by atoms with E-state index >= 15 is 0 Å². The molecule has 0 bridgehead atoms. The molecule has 1 aliphatic rings.